The van der Waals surface area contributed by atoms with E-state index >= 15 is 0 Å². The summed E-state index contributed by atoms with van der Waals surface area (Å²) in [6.45, 7) is 1.17. The van der Waals surface area contributed by atoms with Gasteiger partial charge in [-0.25, -0.2) is 8.78 Å². The molecule has 0 aliphatic rings. The molecule has 1 rings (SSSR count). The average molecular weight is 230 g/mol. The highest BCUT2D eigenvalue weighted by molar-refractivity contribution is 6.33. The molecule has 1 aromatic carbocycles. The van der Waals surface area contributed by atoms with E-state index in [1.807, 2.05) is 0 Å². The summed E-state index contributed by atoms with van der Waals surface area (Å²) < 4.78 is 25.2. The molecular weight excluding hydrogens is 224 g/mol. The largest absolute Gasteiger partial charge is 0.294 e. The van der Waals surface area contributed by atoms with Crippen LogP contribution in [0.25, 0.3) is 0 Å². The van der Waals surface area contributed by atoms with Crippen molar-refractivity contribution in [3.63, 3.8) is 0 Å². The fourth-order valence-electron chi connectivity index (χ4n) is 1.20. The molecule has 0 heterocycles. The van der Waals surface area contributed by atoms with Crippen LogP contribution < -0.4 is 0 Å². The first-order valence-electron chi connectivity index (χ1n) is 4.00. The van der Waals surface area contributed by atoms with Gasteiger partial charge >= 0.3 is 0 Å². The Kier molecular flexibility index (Phi) is 3.38. The summed E-state index contributed by atoms with van der Waals surface area (Å²) in [4.78, 5) is 11.0. The van der Waals surface area contributed by atoms with Gasteiger partial charge in [-0.15, -0.1) is 0 Å². The maximum atomic E-state index is 12.6. The van der Waals surface area contributed by atoms with E-state index in [9.17, 15) is 13.6 Å². The van der Waals surface area contributed by atoms with E-state index < -0.39 is 17.8 Å². The lowest BCUT2D eigenvalue weighted by Crippen LogP contribution is -2.02. The molecule has 0 amide bonds. The third-order valence-electron chi connectivity index (χ3n) is 1.90. The fourth-order valence-corrected chi connectivity index (χ4v) is 1.49. The summed E-state index contributed by atoms with van der Waals surface area (Å²) in [5.74, 6) is -0.503. The minimum Gasteiger partial charge on any atom is -0.294 e. The molecule has 0 radical (unpaired) electrons. The SMILES string of the molecule is CC(=O)c1ccc(C#N)c(Cl)c1C(F)F. The second-order valence-electron chi connectivity index (χ2n) is 2.86. The molecule has 0 saturated carbocycles. The lowest BCUT2D eigenvalue weighted by Gasteiger charge is -2.09. The molecule has 0 fully saturated rings. The highest BCUT2D eigenvalue weighted by atomic mass is 35.5. The predicted octanol–water partition coefficient (Wildman–Crippen LogP) is 3.35. The van der Waals surface area contributed by atoms with Gasteiger partial charge < -0.3 is 0 Å². The number of Topliss-reactive ketones (excluding diaryl/α,β-unsaturated/α-hetero) is 1. The van der Waals surface area contributed by atoms with Gasteiger partial charge in [-0.1, -0.05) is 11.6 Å². The second-order valence-corrected chi connectivity index (χ2v) is 3.23. The van der Waals surface area contributed by atoms with E-state index in [0.717, 1.165) is 0 Å². The molecule has 78 valence electrons. The van der Waals surface area contributed by atoms with Crippen molar-refractivity contribution in [3.05, 3.63) is 33.8 Å². The van der Waals surface area contributed by atoms with Crippen LogP contribution in [0.2, 0.25) is 5.02 Å². The maximum Gasteiger partial charge on any atom is 0.266 e. The average Bonchev–Trinajstić information content (AvgIpc) is 2.16. The van der Waals surface area contributed by atoms with Gasteiger partial charge in [-0.05, 0) is 19.1 Å². The Morgan fingerprint density at radius 2 is 2.13 bits per heavy atom. The van der Waals surface area contributed by atoms with Crippen molar-refractivity contribution in [3.8, 4) is 6.07 Å². The smallest absolute Gasteiger partial charge is 0.266 e. The first-order valence-corrected chi connectivity index (χ1v) is 4.38. The van der Waals surface area contributed by atoms with Crippen molar-refractivity contribution in [1.29, 1.82) is 5.26 Å². The zero-order chi connectivity index (χ0) is 11.6. The zero-order valence-corrected chi connectivity index (χ0v) is 8.48. The van der Waals surface area contributed by atoms with Gasteiger partial charge in [0.15, 0.2) is 5.78 Å². The number of nitrogens with zero attached hydrogens (tertiary/aromatic N) is 1. The lowest BCUT2D eigenvalue weighted by atomic mass is 10.0. The Morgan fingerprint density at radius 1 is 1.53 bits per heavy atom. The Balaban J connectivity index is 3.53. The van der Waals surface area contributed by atoms with Crippen molar-refractivity contribution in [1.82, 2.24) is 0 Å². The van der Waals surface area contributed by atoms with Gasteiger partial charge in [0.25, 0.3) is 6.43 Å². The number of carbonyl (C=O) groups excluding carboxylic acids is 1. The highest BCUT2D eigenvalue weighted by Gasteiger charge is 2.21. The molecule has 0 aliphatic carbocycles. The minimum atomic E-state index is -2.87. The Hall–Kier alpha value is -1.47. The third-order valence-corrected chi connectivity index (χ3v) is 2.30. The van der Waals surface area contributed by atoms with E-state index in [2.05, 4.69) is 0 Å². The van der Waals surface area contributed by atoms with Crippen LogP contribution in [0.3, 0.4) is 0 Å². The number of benzene rings is 1. The number of rotatable bonds is 2. The van der Waals surface area contributed by atoms with Gasteiger partial charge in [-0.3, -0.25) is 4.79 Å². The monoisotopic (exact) mass is 229 g/mol. The van der Waals surface area contributed by atoms with Crippen molar-refractivity contribution < 1.29 is 13.6 Å². The van der Waals surface area contributed by atoms with Crippen LogP contribution in [0.1, 0.15) is 34.8 Å². The standard InChI is InChI=1S/C10H6ClF2NO/c1-5(15)7-3-2-6(4-14)9(11)8(7)10(12)13/h2-3,10H,1H3. The molecule has 0 aliphatic heterocycles. The topological polar surface area (TPSA) is 40.9 Å². The molecule has 1 aromatic rings. The van der Waals surface area contributed by atoms with Crippen LogP contribution in [0.4, 0.5) is 8.78 Å². The first-order chi connectivity index (χ1) is 6.99. The van der Waals surface area contributed by atoms with Crippen LogP contribution in [0, 0.1) is 11.3 Å². The number of ketones is 1. The van der Waals surface area contributed by atoms with Crippen LogP contribution >= 0.6 is 11.6 Å². The van der Waals surface area contributed by atoms with Crippen molar-refractivity contribution in [2.45, 2.75) is 13.3 Å². The third kappa shape index (κ3) is 2.13. The van der Waals surface area contributed by atoms with E-state index in [1.54, 1.807) is 6.07 Å². The fraction of sp³-hybridized carbons (Fsp3) is 0.200. The molecule has 0 aromatic heterocycles. The lowest BCUT2D eigenvalue weighted by molar-refractivity contribution is 0.0999. The molecule has 5 heteroatoms. The van der Waals surface area contributed by atoms with Crippen LogP contribution in [0.5, 0.6) is 0 Å². The number of halogens is 3. The number of hydrogen-bond donors (Lipinski definition) is 0. The molecule has 0 spiro atoms. The van der Waals surface area contributed by atoms with Gasteiger partial charge in [0.2, 0.25) is 0 Å². The Bertz CT molecular complexity index is 451. The van der Waals surface area contributed by atoms with E-state index in [1.165, 1.54) is 19.1 Å². The summed E-state index contributed by atoms with van der Waals surface area (Å²) in [6.07, 6.45) is -2.87. The summed E-state index contributed by atoms with van der Waals surface area (Å²) in [5.41, 5.74) is -0.769. The van der Waals surface area contributed by atoms with Gasteiger partial charge in [0.1, 0.15) is 6.07 Å². The number of nitriles is 1. The molecule has 2 nitrogen and oxygen atoms in total. The highest BCUT2D eigenvalue weighted by Crippen LogP contribution is 2.32. The molecule has 0 atom stereocenters. The normalized spacial score (nSPS) is 10.1. The van der Waals surface area contributed by atoms with Crippen LogP contribution in [0.15, 0.2) is 12.1 Å². The Labute approximate surface area is 90.1 Å². The van der Waals surface area contributed by atoms with Crippen molar-refractivity contribution in [2.75, 3.05) is 0 Å². The maximum absolute atomic E-state index is 12.6. The first kappa shape index (κ1) is 11.6. The second kappa shape index (κ2) is 4.37. The number of alkyl halides is 2. The molecule has 0 saturated heterocycles. The van der Waals surface area contributed by atoms with Crippen molar-refractivity contribution in [2.24, 2.45) is 0 Å². The zero-order valence-electron chi connectivity index (χ0n) is 7.72. The number of hydrogen-bond acceptors (Lipinski definition) is 2. The van der Waals surface area contributed by atoms with E-state index in [-0.39, 0.29) is 16.1 Å². The molecule has 0 bridgehead atoms. The summed E-state index contributed by atoms with van der Waals surface area (Å²) in [7, 11) is 0. The molecular formula is C10H6ClF2NO. The molecule has 15 heavy (non-hydrogen) atoms. The summed E-state index contributed by atoms with van der Waals surface area (Å²) >= 11 is 5.60. The van der Waals surface area contributed by atoms with Crippen molar-refractivity contribution >= 4 is 17.4 Å². The van der Waals surface area contributed by atoms with Gasteiger partial charge in [0, 0.05) is 11.1 Å². The van der Waals surface area contributed by atoms with Crippen LogP contribution in [-0.4, -0.2) is 5.78 Å². The van der Waals surface area contributed by atoms with E-state index in [0.29, 0.717) is 0 Å². The van der Waals surface area contributed by atoms with Crippen LogP contribution in [-0.2, 0) is 0 Å². The quantitative estimate of drug-likeness (QED) is 0.730. The summed E-state index contributed by atoms with van der Waals surface area (Å²) in [5, 5.41) is 8.24. The summed E-state index contributed by atoms with van der Waals surface area (Å²) in [6, 6.07) is 4.12. The number of carbonyl (C=O) groups is 1. The van der Waals surface area contributed by atoms with Gasteiger partial charge in [-0.2, -0.15) is 5.26 Å². The van der Waals surface area contributed by atoms with Gasteiger partial charge in [0.05, 0.1) is 10.6 Å². The molecule has 0 N–H and O–H groups in total. The minimum absolute atomic E-state index is 0.0584. The predicted molar refractivity (Wildman–Crippen MR) is 51.1 cm³/mol. The van der Waals surface area contributed by atoms with E-state index in [4.69, 9.17) is 16.9 Å². The Morgan fingerprint density at radius 3 is 2.53 bits per heavy atom. The molecule has 0 unspecified atom stereocenters.